The van der Waals surface area contributed by atoms with Crippen LogP contribution in [-0.2, 0) is 4.74 Å². The molecule has 0 bridgehead atoms. The Morgan fingerprint density at radius 1 is 1.29 bits per heavy atom. The number of hydrogen-bond acceptors (Lipinski definition) is 2. The minimum absolute atomic E-state index is 0.326. The maximum atomic E-state index is 9.85. The molecule has 1 aliphatic heterocycles. The van der Waals surface area contributed by atoms with Crippen LogP contribution in [0.4, 0.5) is 0 Å². The van der Waals surface area contributed by atoms with Gasteiger partial charge in [0, 0.05) is 12.0 Å². The Morgan fingerprint density at radius 3 is 2.71 bits per heavy atom. The number of ether oxygens (including phenoxy) is 1. The summed E-state index contributed by atoms with van der Waals surface area (Å²) in [6.45, 7) is 0.923. The molecule has 1 heterocycles. The van der Waals surface area contributed by atoms with E-state index in [-0.39, 0.29) is 0 Å². The number of hydrogen-bond donors (Lipinski definition) is 1. The average molecular weight is 188 g/mol. The van der Waals surface area contributed by atoms with Crippen LogP contribution in [0.5, 0.6) is 0 Å². The molecule has 0 saturated carbocycles. The molecule has 2 heteroatoms. The third-order valence-corrected chi connectivity index (χ3v) is 2.21. The normalized spacial score (nSPS) is 25.5. The fourth-order valence-corrected chi connectivity index (χ4v) is 1.36. The first-order chi connectivity index (χ1) is 6.79. The van der Waals surface area contributed by atoms with Crippen molar-refractivity contribution in [3.63, 3.8) is 0 Å². The minimum atomic E-state index is -0.935. The van der Waals surface area contributed by atoms with Crippen molar-refractivity contribution in [2.45, 2.75) is 12.0 Å². The van der Waals surface area contributed by atoms with E-state index >= 15 is 0 Å². The van der Waals surface area contributed by atoms with Crippen LogP contribution < -0.4 is 0 Å². The third kappa shape index (κ3) is 2.14. The van der Waals surface area contributed by atoms with E-state index in [2.05, 4.69) is 11.8 Å². The molecule has 1 fully saturated rings. The molecule has 14 heavy (non-hydrogen) atoms. The zero-order chi connectivity index (χ0) is 9.86. The summed E-state index contributed by atoms with van der Waals surface area (Å²) >= 11 is 0. The largest absolute Gasteiger partial charge is 0.377 e. The van der Waals surface area contributed by atoms with Gasteiger partial charge < -0.3 is 9.84 Å². The lowest BCUT2D eigenvalue weighted by Gasteiger charge is -2.10. The first-order valence-corrected chi connectivity index (χ1v) is 4.67. The Kier molecular flexibility index (Phi) is 2.53. The van der Waals surface area contributed by atoms with Gasteiger partial charge in [0.1, 0.15) is 0 Å². The van der Waals surface area contributed by atoms with E-state index in [1.807, 2.05) is 30.3 Å². The molecule has 0 amide bonds. The molecule has 0 spiro atoms. The summed E-state index contributed by atoms with van der Waals surface area (Å²) in [6.07, 6.45) is 0.604. The molecule has 2 rings (SSSR count). The van der Waals surface area contributed by atoms with Crippen LogP contribution in [0.3, 0.4) is 0 Å². The van der Waals surface area contributed by atoms with Crippen molar-refractivity contribution in [1.29, 1.82) is 0 Å². The number of rotatable bonds is 0. The third-order valence-electron chi connectivity index (χ3n) is 2.21. The maximum absolute atomic E-state index is 9.85. The second kappa shape index (κ2) is 3.83. The van der Waals surface area contributed by atoms with Gasteiger partial charge in [-0.3, -0.25) is 0 Å². The van der Waals surface area contributed by atoms with Crippen molar-refractivity contribution >= 4 is 0 Å². The van der Waals surface area contributed by atoms with Gasteiger partial charge in [-0.15, -0.1) is 0 Å². The molecule has 0 aliphatic carbocycles. The Bertz CT molecular complexity index is 353. The van der Waals surface area contributed by atoms with Crippen LogP contribution in [0.15, 0.2) is 30.3 Å². The zero-order valence-corrected chi connectivity index (χ0v) is 7.86. The summed E-state index contributed by atoms with van der Waals surface area (Å²) in [5.41, 5.74) is -0.0108. The SMILES string of the molecule is OC1(C#Cc2ccccc2)CCOC1. The Balaban J connectivity index is 2.14. The quantitative estimate of drug-likeness (QED) is 0.620. The van der Waals surface area contributed by atoms with Gasteiger partial charge in [-0.2, -0.15) is 0 Å². The van der Waals surface area contributed by atoms with Crippen molar-refractivity contribution in [2.24, 2.45) is 0 Å². The second-order valence-electron chi connectivity index (χ2n) is 3.45. The Hall–Kier alpha value is -1.30. The summed E-state index contributed by atoms with van der Waals surface area (Å²) in [5.74, 6) is 5.80. The highest BCUT2D eigenvalue weighted by atomic mass is 16.5. The molecule has 72 valence electrons. The average Bonchev–Trinajstić information content (AvgIpc) is 2.65. The van der Waals surface area contributed by atoms with Gasteiger partial charge in [-0.1, -0.05) is 30.0 Å². The second-order valence-corrected chi connectivity index (χ2v) is 3.45. The van der Waals surface area contributed by atoms with E-state index in [1.54, 1.807) is 0 Å². The topological polar surface area (TPSA) is 29.5 Å². The highest BCUT2D eigenvalue weighted by molar-refractivity contribution is 5.36. The first kappa shape index (κ1) is 9.26. The van der Waals surface area contributed by atoms with Crippen molar-refractivity contribution in [3.8, 4) is 11.8 Å². The molecule has 1 aromatic rings. The van der Waals surface area contributed by atoms with Gasteiger partial charge in [-0.25, -0.2) is 0 Å². The van der Waals surface area contributed by atoms with Crippen LogP contribution in [0.2, 0.25) is 0 Å². The van der Waals surface area contributed by atoms with E-state index in [0.29, 0.717) is 19.6 Å². The monoisotopic (exact) mass is 188 g/mol. The van der Waals surface area contributed by atoms with Crippen LogP contribution >= 0.6 is 0 Å². The van der Waals surface area contributed by atoms with Crippen LogP contribution in [0.1, 0.15) is 12.0 Å². The predicted octanol–water partition coefficient (Wildman–Crippen LogP) is 1.19. The predicted molar refractivity (Wildman–Crippen MR) is 53.7 cm³/mol. The first-order valence-electron chi connectivity index (χ1n) is 4.67. The van der Waals surface area contributed by atoms with Gasteiger partial charge in [-0.05, 0) is 12.1 Å². The smallest absolute Gasteiger partial charge is 0.151 e. The highest BCUT2D eigenvalue weighted by Gasteiger charge is 2.29. The van der Waals surface area contributed by atoms with Gasteiger partial charge in [0.25, 0.3) is 0 Å². The van der Waals surface area contributed by atoms with Crippen LogP contribution in [0.25, 0.3) is 0 Å². The van der Waals surface area contributed by atoms with E-state index in [0.717, 1.165) is 5.56 Å². The lowest BCUT2D eigenvalue weighted by molar-refractivity contribution is 0.0765. The molecule has 1 aliphatic rings. The molecule has 0 aromatic heterocycles. The van der Waals surface area contributed by atoms with E-state index in [4.69, 9.17) is 4.74 Å². The summed E-state index contributed by atoms with van der Waals surface area (Å²) in [5, 5.41) is 9.85. The molecule has 1 atom stereocenters. The standard InChI is InChI=1S/C12H12O2/c13-12(8-9-14-10-12)7-6-11-4-2-1-3-5-11/h1-5,13H,8-10H2. The fraction of sp³-hybridized carbons (Fsp3) is 0.333. The molecular weight excluding hydrogens is 176 g/mol. The number of benzene rings is 1. The van der Waals surface area contributed by atoms with Gasteiger partial charge in [0.2, 0.25) is 0 Å². The van der Waals surface area contributed by atoms with Gasteiger partial charge in [0.15, 0.2) is 5.60 Å². The van der Waals surface area contributed by atoms with E-state index < -0.39 is 5.60 Å². The van der Waals surface area contributed by atoms with Crippen LogP contribution in [0, 0.1) is 11.8 Å². The summed E-state index contributed by atoms with van der Waals surface area (Å²) in [7, 11) is 0. The van der Waals surface area contributed by atoms with Gasteiger partial charge in [0.05, 0.1) is 13.2 Å². The van der Waals surface area contributed by atoms with Crippen molar-refractivity contribution < 1.29 is 9.84 Å². The van der Waals surface area contributed by atoms with E-state index in [1.165, 1.54) is 0 Å². The summed E-state index contributed by atoms with van der Waals surface area (Å²) in [4.78, 5) is 0. The highest BCUT2D eigenvalue weighted by Crippen LogP contribution is 2.16. The molecule has 1 saturated heterocycles. The van der Waals surface area contributed by atoms with Crippen molar-refractivity contribution in [1.82, 2.24) is 0 Å². The Labute approximate surface area is 83.5 Å². The van der Waals surface area contributed by atoms with Crippen LogP contribution in [-0.4, -0.2) is 23.9 Å². The molecule has 1 unspecified atom stereocenters. The molecule has 2 nitrogen and oxygen atoms in total. The molecule has 0 radical (unpaired) electrons. The number of aliphatic hydroxyl groups is 1. The lowest BCUT2D eigenvalue weighted by Crippen LogP contribution is -2.26. The maximum Gasteiger partial charge on any atom is 0.151 e. The lowest BCUT2D eigenvalue weighted by atomic mass is 10.0. The fourth-order valence-electron chi connectivity index (χ4n) is 1.36. The molecular formula is C12H12O2. The summed E-state index contributed by atoms with van der Waals surface area (Å²) < 4.78 is 5.10. The zero-order valence-electron chi connectivity index (χ0n) is 7.86. The van der Waals surface area contributed by atoms with Crippen molar-refractivity contribution in [3.05, 3.63) is 35.9 Å². The molecule has 1 N–H and O–H groups in total. The van der Waals surface area contributed by atoms with E-state index in [9.17, 15) is 5.11 Å². The van der Waals surface area contributed by atoms with Crippen molar-refractivity contribution in [2.75, 3.05) is 13.2 Å². The minimum Gasteiger partial charge on any atom is -0.377 e. The van der Waals surface area contributed by atoms with Gasteiger partial charge >= 0.3 is 0 Å². The summed E-state index contributed by atoms with van der Waals surface area (Å²) in [6, 6.07) is 9.65. The Morgan fingerprint density at radius 2 is 2.07 bits per heavy atom. The molecule has 1 aromatic carbocycles.